The lowest BCUT2D eigenvalue weighted by atomic mass is 9.93. The van der Waals surface area contributed by atoms with Crippen molar-refractivity contribution in [3.63, 3.8) is 0 Å². The summed E-state index contributed by atoms with van der Waals surface area (Å²) in [5.41, 5.74) is 8.10. The molecule has 1 unspecified atom stereocenters. The predicted octanol–water partition coefficient (Wildman–Crippen LogP) is 3.69. The van der Waals surface area contributed by atoms with Crippen molar-refractivity contribution >= 4 is 22.7 Å². The molecule has 2 aromatic heterocycles. The van der Waals surface area contributed by atoms with E-state index in [1.54, 1.807) is 13.2 Å². The number of nitrogens with zero attached hydrogens (tertiary/aromatic N) is 1. The van der Waals surface area contributed by atoms with E-state index in [0.29, 0.717) is 30.5 Å². The molecule has 154 valence electrons. The summed E-state index contributed by atoms with van der Waals surface area (Å²) in [5.74, 6) is 0.956. The summed E-state index contributed by atoms with van der Waals surface area (Å²) in [6.45, 7) is 5.28. The molecule has 0 bridgehead atoms. The molecule has 3 N–H and O–H groups in total. The highest BCUT2D eigenvalue weighted by Gasteiger charge is 2.23. The molecule has 0 saturated carbocycles. The normalized spacial score (nSPS) is 12.5. The molecule has 0 fully saturated rings. The molecular formula is C22H26ClN3O3. The molecule has 0 spiro atoms. The second-order valence-corrected chi connectivity index (χ2v) is 7.68. The number of nitrogens with two attached hydrogens (primary N) is 1. The molecule has 0 aliphatic carbocycles. The molecular weight excluding hydrogens is 390 g/mol. The summed E-state index contributed by atoms with van der Waals surface area (Å²) in [6, 6.07) is 9.26. The van der Waals surface area contributed by atoms with Gasteiger partial charge in [-0.15, -0.1) is 0 Å². The Bertz CT molecular complexity index is 1050. The lowest BCUT2D eigenvalue weighted by molar-refractivity contribution is 0.414. The molecule has 6 nitrogen and oxygen atoms in total. The number of halogens is 1. The maximum absolute atomic E-state index is 13.4. The standard InChI is InChI=1S/C22H26ClN3O3/c1-13(2)20(25-8-7-24)17-11-18(23)26-22-19(17)21(27)15(12-29-22)9-14-5-4-6-16(10-14)28-3/h4-6,10-13,20,25H,7-9,24H2,1-3H3. The quantitative estimate of drug-likeness (QED) is 0.545. The topological polar surface area (TPSA) is 90.4 Å². The number of hydrogen-bond acceptors (Lipinski definition) is 6. The lowest BCUT2D eigenvalue weighted by Crippen LogP contribution is -2.31. The van der Waals surface area contributed by atoms with Crippen molar-refractivity contribution in [3.8, 4) is 5.75 Å². The molecule has 29 heavy (non-hydrogen) atoms. The number of methoxy groups -OCH3 is 1. The van der Waals surface area contributed by atoms with Gasteiger partial charge in [-0.25, -0.2) is 4.98 Å². The largest absolute Gasteiger partial charge is 0.497 e. The second kappa shape index (κ2) is 9.39. The number of hydrogen-bond donors (Lipinski definition) is 2. The Morgan fingerprint density at radius 2 is 2.10 bits per heavy atom. The molecule has 0 aliphatic rings. The Labute approximate surface area is 175 Å². The lowest BCUT2D eigenvalue weighted by Gasteiger charge is -2.24. The first-order chi connectivity index (χ1) is 13.9. The maximum Gasteiger partial charge on any atom is 0.231 e. The van der Waals surface area contributed by atoms with E-state index in [1.807, 2.05) is 24.3 Å². The minimum atomic E-state index is -0.103. The van der Waals surface area contributed by atoms with Crippen molar-refractivity contribution < 1.29 is 9.15 Å². The van der Waals surface area contributed by atoms with Gasteiger partial charge in [-0.1, -0.05) is 37.6 Å². The molecule has 1 atom stereocenters. The first-order valence-corrected chi connectivity index (χ1v) is 9.99. The van der Waals surface area contributed by atoms with Gasteiger partial charge >= 0.3 is 0 Å². The monoisotopic (exact) mass is 415 g/mol. The molecule has 7 heteroatoms. The van der Waals surface area contributed by atoms with Gasteiger partial charge in [-0.05, 0) is 35.2 Å². The average molecular weight is 416 g/mol. The SMILES string of the molecule is COc1cccc(Cc2coc3nc(Cl)cc(C(NCCN)C(C)C)c3c2=O)c1. The van der Waals surface area contributed by atoms with E-state index in [4.69, 9.17) is 26.5 Å². The van der Waals surface area contributed by atoms with Crippen LogP contribution in [-0.4, -0.2) is 25.2 Å². The van der Waals surface area contributed by atoms with Crippen molar-refractivity contribution in [1.82, 2.24) is 10.3 Å². The first-order valence-electron chi connectivity index (χ1n) is 9.61. The van der Waals surface area contributed by atoms with Crippen molar-refractivity contribution in [2.24, 2.45) is 11.7 Å². The van der Waals surface area contributed by atoms with Crippen LogP contribution in [0.4, 0.5) is 0 Å². The predicted molar refractivity (Wildman–Crippen MR) is 116 cm³/mol. The summed E-state index contributed by atoms with van der Waals surface area (Å²) in [4.78, 5) is 17.6. The third-order valence-electron chi connectivity index (χ3n) is 4.86. The number of nitrogens with one attached hydrogen (secondary N) is 1. The van der Waals surface area contributed by atoms with E-state index in [-0.39, 0.29) is 28.3 Å². The highest BCUT2D eigenvalue weighted by molar-refractivity contribution is 6.29. The van der Waals surface area contributed by atoms with Crippen LogP contribution in [0.2, 0.25) is 5.15 Å². The number of benzene rings is 1. The maximum atomic E-state index is 13.4. The van der Waals surface area contributed by atoms with E-state index < -0.39 is 0 Å². The molecule has 0 radical (unpaired) electrons. The van der Waals surface area contributed by atoms with Crippen LogP contribution < -0.4 is 21.2 Å². The summed E-state index contributed by atoms with van der Waals surface area (Å²) < 4.78 is 11.0. The fraction of sp³-hybridized carbons (Fsp3) is 0.364. The molecule has 1 aromatic carbocycles. The van der Waals surface area contributed by atoms with E-state index in [9.17, 15) is 4.79 Å². The van der Waals surface area contributed by atoms with Crippen LogP contribution in [-0.2, 0) is 6.42 Å². The van der Waals surface area contributed by atoms with Gasteiger partial charge in [-0.2, -0.15) is 0 Å². The molecule has 0 amide bonds. The van der Waals surface area contributed by atoms with Gasteiger partial charge in [0.2, 0.25) is 5.71 Å². The van der Waals surface area contributed by atoms with Gasteiger partial charge in [0.1, 0.15) is 17.2 Å². The molecule has 3 aromatic rings. The molecule has 3 rings (SSSR count). The Morgan fingerprint density at radius 3 is 2.79 bits per heavy atom. The Morgan fingerprint density at radius 1 is 1.31 bits per heavy atom. The first kappa shape index (κ1) is 21.3. The summed E-state index contributed by atoms with van der Waals surface area (Å²) in [5, 5.41) is 4.15. The number of ether oxygens (including phenoxy) is 1. The second-order valence-electron chi connectivity index (χ2n) is 7.30. The minimum absolute atomic E-state index is 0.100. The van der Waals surface area contributed by atoms with Crippen molar-refractivity contribution in [2.45, 2.75) is 26.3 Å². The van der Waals surface area contributed by atoms with Crippen LogP contribution >= 0.6 is 11.6 Å². The number of fused-ring (bicyclic) bond motifs is 1. The Hall–Kier alpha value is -2.41. The highest BCUT2D eigenvalue weighted by atomic mass is 35.5. The average Bonchev–Trinajstić information content (AvgIpc) is 2.70. The van der Waals surface area contributed by atoms with Gasteiger partial charge in [0, 0.05) is 31.1 Å². The van der Waals surface area contributed by atoms with Crippen LogP contribution in [0.1, 0.15) is 36.6 Å². The Balaban J connectivity index is 2.12. The van der Waals surface area contributed by atoms with Crippen LogP contribution in [0.25, 0.3) is 11.1 Å². The van der Waals surface area contributed by atoms with Crippen molar-refractivity contribution in [3.05, 3.63) is 68.7 Å². The van der Waals surface area contributed by atoms with Gasteiger partial charge in [0.15, 0.2) is 5.43 Å². The van der Waals surface area contributed by atoms with E-state index in [1.165, 1.54) is 6.26 Å². The van der Waals surface area contributed by atoms with Gasteiger partial charge < -0.3 is 20.2 Å². The van der Waals surface area contributed by atoms with Crippen LogP contribution in [0.15, 0.2) is 45.8 Å². The molecule has 0 aliphatic heterocycles. The van der Waals surface area contributed by atoms with Crippen molar-refractivity contribution in [2.75, 3.05) is 20.2 Å². The third kappa shape index (κ3) is 4.78. The third-order valence-corrected chi connectivity index (χ3v) is 5.05. The number of aromatic nitrogens is 1. The van der Waals surface area contributed by atoms with Gasteiger partial charge in [0.05, 0.1) is 12.5 Å². The van der Waals surface area contributed by atoms with Gasteiger partial charge in [-0.3, -0.25) is 4.79 Å². The van der Waals surface area contributed by atoms with Crippen LogP contribution in [0.5, 0.6) is 5.75 Å². The van der Waals surface area contributed by atoms with Crippen LogP contribution in [0.3, 0.4) is 0 Å². The van der Waals surface area contributed by atoms with Crippen LogP contribution in [0, 0.1) is 5.92 Å². The zero-order valence-corrected chi connectivity index (χ0v) is 17.6. The van der Waals surface area contributed by atoms with E-state index >= 15 is 0 Å². The number of pyridine rings is 1. The fourth-order valence-corrected chi connectivity index (χ4v) is 3.67. The highest BCUT2D eigenvalue weighted by Crippen LogP contribution is 2.29. The molecule has 2 heterocycles. The minimum Gasteiger partial charge on any atom is -0.497 e. The molecule has 0 saturated heterocycles. The van der Waals surface area contributed by atoms with Crippen molar-refractivity contribution in [1.29, 1.82) is 0 Å². The summed E-state index contributed by atoms with van der Waals surface area (Å²) in [6.07, 6.45) is 1.90. The fourth-order valence-electron chi connectivity index (χ4n) is 3.48. The number of rotatable bonds is 8. The van der Waals surface area contributed by atoms with E-state index in [2.05, 4.69) is 24.1 Å². The summed E-state index contributed by atoms with van der Waals surface area (Å²) in [7, 11) is 1.62. The van der Waals surface area contributed by atoms with Gasteiger partial charge in [0.25, 0.3) is 0 Å². The zero-order chi connectivity index (χ0) is 21.0. The smallest absolute Gasteiger partial charge is 0.231 e. The Kier molecular flexibility index (Phi) is 6.90. The van der Waals surface area contributed by atoms with E-state index in [0.717, 1.165) is 16.9 Å². The zero-order valence-electron chi connectivity index (χ0n) is 16.9. The summed E-state index contributed by atoms with van der Waals surface area (Å²) >= 11 is 6.22.